The van der Waals surface area contributed by atoms with Crippen LogP contribution in [-0.4, -0.2) is 25.2 Å². The van der Waals surface area contributed by atoms with Gasteiger partial charge in [-0.1, -0.05) is 19.9 Å². The molecule has 1 aromatic rings. The van der Waals surface area contributed by atoms with Crippen LogP contribution in [0.15, 0.2) is 18.2 Å². The molecule has 1 heterocycles. The smallest absolute Gasteiger partial charge is 0.128 e. The van der Waals surface area contributed by atoms with E-state index in [2.05, 4.69) is 24.1 Å². The van der Waals surface area contributed by atoms with Crippen molar-refractivity contribution in [2.45, 2.75) is 45.6 Å². The van der Waals surface area contributed by atoms with Crippen LogP contribution >= 0.6 is 0 Å². The van der Waals surface area contributed by atoms with Gasteiger partial charge in [0.2, 0.25) is 0 Å². The SMILES string of the molecule is CCC1(CC)CN(c2cccc(F)c2C)CCCN1. The Kier molecular flexibility index (Phi) is 4.46. The number of benzene rings is 1. The van der Waals surface area contributed by atoms with Crippen molar-refractivity contribution in [1.29, 1.82) is 0 Å². The van der Waals surface area contributed by atoms with Crippen LogP contribution in [0.4, 0.5) is 10.1 Å². The highest BCUT2D eigenvalue weighted by Gasteiger charge is 2.30. The number of hydrogen-bond acceptors (Lipinski definition) is 2. The number of nitrogens with one attached hydrogen (secondary N) is 1. The van der Waals surface area contributed by atoms with Gasteiger partial charge >= 0.3 is 0 Å². The zero-order valence-corrected chi connectivity index (χ0v) is 12.3. The Morgan fingerprint density at radius 1 is 1.32 bits per heavy atom. The Balaban J connectivity index is 2.30. The normalized spacial score (nSPS) is 19.3. The fourth-order valence-electron chi connectivity index (χ4n) is 2.99. The fourth-order valence-corrected chi connectivity index (χ4v) is 2.99. The number of anilines is 1. The minimum atomic E-state index is -0.103. The van der Waals surface area contributed by atoms with Gasteiger partial charge in [-0.3, -0.25) is 0 Å². The van der Waals surface area contributed by atoms with E-state index in [1.807, 2.05) is 19.1 Å². The van der Waals surface area contributed by atoms with Crippen LogP contribution in [0.1, 0.15) is 38.7 Å². The van der Waals surface area contributed by atoms with E-state index >= 15 is 0 Å². The van der Waals surface area contributed by atoms with Crippen LogP contribution < -0.4 is 10.2 Å². The molecule has 1 aliphatic rings. The van der Waals surface area contributed by atoms with E-state index < -0.39 is 0 Å². The van der Waals surface area contributed by atoms with Crippen LogP contribution in [0, 0.1) is 12.7 Å². The van der Waals surface area contributed by atoms with Crippen molar-refractivity contribution in [3.63, 3.8) is 0 Å². The summed E-state index contributed by atoms with van der Waals surface area (Å²) < 4.78 is 13.7. The first-order valence-electron chi connectivity index (χ1n) is 7.37. The Morgan fingerprint density at radius 3 is 2.74 bits per heavy atom. The van der Waals surface area contributed by atoms with Crippen LogP contribution in [0.2, 0.25) is 0 Å². The molecule has 0 bridgehead atoms. The number of hydrogen-bond donors (Lipinski definition) is 1. The molecular formula is C16H25FN2. The highest BCUT2D eigenvalue weighted by molar-refractivity contribution is 5.54. The van der Waals surface area contributed by atoms with E-state index in [-0.39, 0.29) is 11.4 Å². The molecule has 1 fully saturated rings. The Hall–Kier alpha value is -1.09. The summed E-state index contributed by atoms with van der Waals surface area (Å²) in [6.45, 7) is 9.36. The van der Waals surface area contributed by atoms with Gasteiger partial charge < -0.3 is 10.2 Å². The van der Waals surface area contributed by atoms with Crippen LogP contribution in [0.3, 0.4) is 0 Å². The summed E-state index contributed by atoms with van der Waals surface area (Å²) in [7, 11) is 0. The summed E-state index contributed by atoms with van der Waals surface area (Å²) in [5.74, 6) is -0.103. The lowest BCUT2D eigenvalue weighted by molar-refractivity contribution is 0.321. The molecule has 0 amide bonds. The third-order valence-corrected chi connectivity index (χ3v) is 4.53. The van der Waals surface area contributed by atoms with Gasteiger partial charge in [-0.05, 0) is 44.9 Å². The standard InChI is InChI=1S/C16H25FN2/c1-4-16(5-2)12-19(11-7-10-18-16)15-9-6-8-14(17)13(15)3/h6,8-9,18H,4-5,7,10-12H2,1-3H3. The highest BCUT2D eigenvalue weighted by Crippen LogP contribution is 2.27. The van der Waals surface area contributed by atoms with Crippen molar-refractivity contribution >= 4 is 5.69 Å². The number of halogens is 1. The lowest BCUT2D eigenvalue weighted by Crippen LogP contribution is -2.50. The van der Waals surface area contributed by atoms with Gasteiger partial charge in [0.05, 0.1) is 0 Å². The van der Waals surface area contributed by atoms with Crippen molar-refractivity contribution < 1.29 is 4.39 Å². The van der Waals surface area contributed by atoms with E-state index in [0.29, 0.717) is 0 Å². The maximum Gasteiger partial charge on any atom is 0.128 e. The third-order valence-electron chi connectivity index (χ3n) is 4.53. The van der Waals surface area contributed by atoms with E-state index in [4.69, 9.17) is 0 Å². The zero-order chi connectivity index (χ0) is 13.9. The van der Waals surface area contributed by atoms with Crippen molar-refractivity contribution in [3.8, 4) is 0 Å². The second kappa shape index (κ2) is 5.91. The first kappa shape index (κ1) is 14.3. The molecule has 3 heteroatoms. The third kappa shape index (κ3) is 2.92. The van der Waals surface area contributed by atoms with Gasteiger partial charge in [0.15, 0.2) is 0 Å². The van der Waals surface area contributed by atoms with E-state index in [1.54, 1.807) is 6.07 Å². The average molecular weight is 264 g/mol. The molecule has 0 radical (unpaired) electrons. The Bertz CT molecular complexity index is 427. The molecule has 106 valence electrons. The molecule has 0 aromatic heterocycles. The zero-order valence-electron chi connectivity index (χ0n) is 12.3. The summed E-state index contributed by atoms with van der Waals surface area (Å²) in [6, 6.07) is 5.40. The predicted molar refractivity (Wildman–Crippen MR) is 79.3 cm³/mol. The fraction of sp³-hybridized carbons (Fsp3) is 0.625. The first-order chi connectivity index (χ1) is 9.12. The van der Waals surface area contributed by atoms with Crippen molar-refractivity contribution in [1.82, 2.24) is 5.32 Å². The van der Waals surface area contributed by atoms with Gasteiger partial charge in [-0.2, -0.15) is 0 Å². The van der Waals surface area contributed by atoms with Gasteiger partial charge in [-0.15, -0.1) is 0 Å². The summed E-state index contributed by atoms with van der Waals surface area (Å²) in [4.78, 5) is 2.35. The highest BCUT2D eigenvalue weighted by atomic mass is 19.1. The Labute approximate surface area is 116 Å². The quantitative estimate of drug-likeness (QED) is 0.899. The van der Waals surface area contributed by atoms with E-state index in [9.17, 15) is 4.39 Å². The van der Waals surface area contributed by atoms with E-state index in [0.717, 1.165) is 50.1 Å². The van der Waals surface area contributed by atoms with E-state index in [1.165, 1.54) is 0 Å². The summed E-state index contributed by atoms with van der Waals surface area (Å²) in [5.41, 5.74) is 1.98. The topological polar surface area (TPSA) is 15.3 Å². The van der Waals surface area contributed by atoms with Gasteiger partial charge in [0.1, 0.15) is 5.82 Å². The second-order valence-electron chi connectivity index (χ2n) is 5.57. The lowest BCUT2D eigenvalue weighted by atomic mass is 9.92. The minimum Gasteiger partial charge on any atom is -0.369 e. The van der Waals surface area contributed by atoms with Crippen LogP contribution in [0.25, 0.3) is 0 Å². The maximum absolute atomic E-state index is 13.7. The molecule has 19 heavy (non-hydrogen) atoms. The first-order valence-corrected chi connectivity index (χ1v) is 7.37. The molecule has 0 atom stereocenters. The largest absolute Gasteiger partial charge is 0.369 e. The van der Waals surface area contributed by atoms with Crippen LogP contribution in [0.5, 0.6) is 0 Å². The minimum absolute atomic E-state index is 0.103. The molecule has 1 N–H and O–H groups in total. The van der Waals surface area contributed by atoms with Crippen molar-refractivity contribution in [2.75, 3.05) is 24.5 Å². The molecule has 0 aliphatic carbocycles. The molecule has 0 saturated carbocycles. The van der Waals surface area contributed by atoms with Crippen molar-refractivity contribution in [3.05, 3.63) is 29.6 Å². The molecule has 2 nitrogen and oxygen atoms in total. The van der Waals surface area contributed by atoms with Gasteiger partial charge in [0.25, 0.3) is 0 Å². The van der Waals surface area contributed by atoms with Crippen LogP contribution in [-0.2, 0) is 0 Å². The van der Waals surface area contributed by atoms with Gasteiger partial charge in [-0.25, -0.2) is 4.39 Å². The molecule has 0 unspecified atom stereocenters. The maximum atomic E-state index is 13.7. The summed E-state index contributed by atoms with van der Waals surface area (Å²) in [5, 5.41) is 3.69. The lowest BCUT2D eigenvalue weighted by Gasteiger charge is -2.37. The monoisotopic (exact) mass is 264 g/mol. The molecule has 1 saturated heterocycles. The Morgan fingerprint density at radius 2 is 2.05 bits per heavy atom. The molecule has 1 aliphatic heterocycles. The molecule has 2 rings (SSSR count). The molecule has 1 aromatic carbocycles. The second-order valence-corrected chi connectivity index (χ2v) is 5.57. The number of rotatable bonds is 3. The summed E-state index contributed by atoms with van der Waals surface area (Å²) >= 11 is 0. The predicted octanol–water partition coefficient (Wildman–Crippen LogP) is 3.49. The number of nitrogens with zero attached hydrogens (tertiary/aromatic N) is 1. The molecular weight excluding hydrogens is 239 g/mol. The average Bonchev–Trinajstić information content (AvgIpc) is 2.65. The summed E-state index contributed by atoms with van der Waals surface area (Å²) in [6.07, 6.45) is 3.32. The van der Waals surface area contributed by atoms with Gasteiger partial charge in [0, 0.05) is 29.9 Å². The molecule has 0 spiro atoms. The van der Waals surface area contributed by atoms with Crippen molar-refractivity contribution in [2.24, 2.45) is 0 Å².